The van der Waals surface area contributed by atoms with Gasteiger partial charge in [-0.25, -0.2) is 0 Å². The third kappa shape index (κ3) is 2.89. The van der Waals surface area contributed by atoms with Gasteiger partial charge < -0.3 is 15.4 Å². The molecule has 116 valence electrons. The molecule has 0 saturated carbocycles. The monoisotopic (exact) mass is 296 g/mol. The van der Waals surface area contributed by atoms with Gasteiger partial charge in [0, 0.05) is 17.9 Å². The molecule has 0 fully saturated rings. The number of rotatable bonds is 4. The Morgan fingerprint density at radius 2 is 1.82 bits per heavy atom. The zero-order valence-electron chi connectivity index (χ0n) is 13.6. The van der Waals surface area contributed by atoms with Crippen molar-refractivity contribution in [3.63, 3.8) is 0 Å². The van der Waals surface area contributed by atoms with E-state index in [1.54, 1.807) is 0 Å². The van der Waals surface area contributed by atoms with Gasteiger partial charge in [0.05, 0.1) is 6.54 Å². The molecule has 0 aromatic heterocycles. The summed E-state index contributed by atoms with van der Waals surface area (Å²) in [7, 11) is 0. The molecule has 0 atom stereocenters. The van der Waals surface area contributed by atoms with Crippen LogP contribution in [0.2, 0.25) is 0 Å². The van der Waals surface area contributed by atoms with Gasteiger partial charge in [-0.15, -0.1) is 0 Å². The average Bonchev–Trinajstić information content (AvgIpc) is 2.84. The lowest BCUT2D eigenvalue weighted by Crippen LogP contribution is -2.26. The fourth-order valence-corrected chi connectivity index (χ4v) is 3.35. The second-order valence-electron chi connectivity index (χ2n) is 6.20. The summed E-state index contributed by atoms with van der Waals surface area (Å²) in [5.74, 6) is 1.03. The molecule has 0 aliphatic carbocycles. The van der Waals surface area contributed by atoms with Crippen molar-refractivity contribution < 1.29 is 4.74 Å². The molecule has 0 radical (unpaired) electrons. The lowest BCUT2D eigenvalue weighted by atomic mass is 10.1. The van der Waals surface area contributed by atoms with Gasteiger partial charge in [0.15, 0.2) is 0 Å². The minimum atomic E-state index is 0.693. The number of benzene rings is 2. The number of nitrogens with zero attached hydrogens (tertiary/aromatic N) is 1. The zero-order valence-corrected chi connectivity index (χ0v) is 13.6. The van der Waals surface area contributed by atoms with Gasteiger partial charge >= 0.3 is 0 Å². The standard InChI is InChI=1S/C19H24N2O/c1-13-10-14(2)19(15(3)11-13)22-9-8-21-7-6-16-4-5-17(20)12-18(16)21/h4-5,10-12H,6-9,20H2,1-3H3. The summed E-state index contributed by atoms with van der Waals surface area (Å²) >= 11 is 0. The maximum absolute atomic E-state index is 6.06. The maximum Gasteiger partial charge on any atom is 0.125 e. The van der Waals surface area contributed by atoms with E-state index in [9.17, 15) is 0 Å². The van der Waals surface area contributed by atoms with Gasteiger partial charge in [0.2, 0.25) is 0 Å². The highest BCUT2D eigenvalue weighted by Crippen LogP contribution is 2.30. The smallest absolute Gasteiger partial charge is 0.125 e. The third-order valence-corrected chi connectivity index (χ3v) is 4.31. The summed E-state index contributed by atoms with van der Waals surface area (Å²) in [5.41, 5.74) is 13.1. The predicted molar refractivity (Wildman–Crippen MR) is 92.9 cm³/mol. The lowest BCUT2D eigenvalue weighted by Gasteiger charge is -2.21. The summed E-state index contributed by atoms with van der Waals surface area (Å²) in [6, 6.07) is 10.5. The molecule has 0 spiro atoms. The molecule has 0 bridgehead atoms. The Hall–Kier alpha value is -2.16. The van der Waals surface area contributed by atoms with E-state index in [0.717, 1.165) is 30.9 Å². The van der Waals surface area contributed by atoms with Crippen molar-refractivity contribution in [2.45, 2.75) is 27.2 Å². The van der Waals surface area contributed by atoms with Gasteiger partial charge in [-0.05, 0) is 56.0 Å². The summed E-state index contributed by atoms with van der Waals surface area (Å²) < 4.78 is 6.06. The first-order chi connectivity index (χ1) is 10.5. The van der Waals surface area contributed by atoms with Crippen LogP contribution in [-0.4, -0.2) is 19.7 Å². The van der Waals surface area contributed by atoms with Crippen molar-refractivity contribution in [3.8, 4) is 5.75 Å². The second kappa shape index (κ2) is 5.91. The van der Waals surface area contributed by atoms with Crippen molar-refractivity contribution in [2.24, 2.45) is 0 Å². The highest BCUT2D eigenvalue weighted by molar-refractivity contribution is 5.64. The zero-order chi connectivity index (χ0) is 15.7. The first kappa shape index (κ1) is 14.8. The minimum absolute atomic E-state index is 0.693. The molecular weight excluding hydrogens is 272 g/mol. The van der Waals surface area contributed by atoms with Crippen LogP contribution in [0.1, 0.15) is 22.3 Å². The van der Waals surface area contributed by atoms with Crippen LogP contribution in [0.15, 0.2) is 30.3 Å². The molecule has 3 nitrogen and oxygen atoms in total. The van der Waals surface area contributed by atoms with E-state index in [2.05, 4.69) is 49.9 Å². The van der Waals surface area contributed by atoms with Crippen LogP contribution in [-0.2, 0) is 6.42 Å². The van der Waals surface area contributed by atoms with Gasteiger partial charge in [0.25, 0.3) is 0 Å². The van der Waals surface area contributed by atoms with Crippen molar-refractivity contribution in [1.82, 2.24) is 0 Å². The Bertz CT molecular complexity index is 671. The topological polar surface area (TPSA) is 38.5 Å². The quantitative estimate of drug-likeness (QED) is 0.876. The summed E-state index contributed by atoms with van der Waals surface area (Å²) in [6.45, 7) is 8.98. The van der Waals surface area contributed by atoms with Crippen LogP contribution in [0.4, 0.5) is 11.4 Å². The van der Waals surface area contributed by atoms with Gasteiger partial charge in [-0.2, -0.15) is 0 Å². The first-order valence-electron chi connectivity index (χ1n) is 7.88. The van der Waals surface area contributed by atoms with E-state index >= 15 is 0 Å². The number of fused-ring (bicyclic) bond motifs is 1. The van der Waals surface area contributed by atoms with Crippen LogP contribution in [0.5, 0.6) is 5.75 Å². The molecule has 2 aromatic carbocycles. The molecule has 1 heterocycles. The van der Waals surface area contributed by atoms with Crippen molar-refractivity contribution in [1.29, 1.82) is 0 Å². The summed E-state index contributed by atoms with van der Waals surface area (Å²) in [6.07, 6.45) is 1.10. The fraction of sp³-hybridized carbons (Fsp3) is 0.368. The van der Waals surface area contributed by atoms with Crippen molar-refractivity contribution in [3.05, 3.63) is 52.6 Å². The molecule has 0 unspecified atom stereocenters. The van der Waals surface area contributed by atoms with Crippen molar-refractivity contribution >= 4 is 11.4 Å². The molecule has 22 heavy (non-hydrogen) atoms. The SMILES string of the molecule is Cc1cc(C)c(OCCN2CCc3ccc(N)cc32)c(C)c1. The highest BCUT2D eigenvalue weighted by Gasteiger charge is 2.19. The van der Waals surface area contributed by atoms with Gasteiger partial charge in [-0.1, -0.05) is 23.8 Å². The van der Waals surface area contributed by atoms with E-state index < -0.39 is 0 Å². The number of hydrogen-bond acceptors (Lipinski definition) is 3. The van der Waals surface area contributed by atoms with Gasteiger partial charge in [0.1, 0.15) is 12.4 Å². The Labute approximate surface area is 132 Å². The molecule has 3 rings (SSSR count). The van der Waals surface area contributed by atoms with E-state index in [1.165, 1.54) is 27.9 Å². The number of aryl methyl sites for hydroxylation is 3. The molecule has 1 aliphatic heterocycles. The van der Waals surface area contributed by atoms with Crippen LogP contribution in [0.3, 0.4) is 0 Å². The van der Waals surface area contributed by atoms with E-state index in [4.69, 9.17) is 10.5 Å². The number of nitrogen functional groups attached to an aromatic ring is 1. The molecule has 0 saturated heterocycles. The van der Waals surface area contributed by atoms with Crippen LogP contribution >= 0.6 is 0 Å². The molecule has 1 aliphatic rings. The molecule has 2 aromatic rings. The molecular formula is C19H24N2O. The highest BCUT2D eigenvalue weighted by atomic mass is 16.5. The molecule has 0 amide bonds. The molecule has 2 N–H and O–H groups in total. The minimum Gasteiger partial charge on any atom is -0.491 e. The fourth-order valence-electron chi connectivity index (χ4n) is 3.35. The van der Waals surface area contributed by atoms with E-state index in [0.29, 0.717) is 6.61 Å². The van der Waals surface area contributed by atoms with Crippen LogP contribution in [0, 0.1) is 20.8 Å². The van der Waals surface area contributed by atoms with Crippen LogP contribution in [0.25, 0.3) is 0 Å². The Morgan fingerprint density at radius 1 is 1.09 bits per heavy atom. The summed E-state index contributed by atoms with van der Waals surface area (Å²) in [4.78, 5) is 2.37. The largest absolute Gasteiger partial charge is 0.491 e. The van der Waals surface area contributed by atoms with E-state index in [-0.39, 0.29) is 0 Å². The third-order valence-electron chi connectivity index (χ3n) is 4.31. The molecule has 3 heteroatoms. The second-order valence-corrected chi connectivity index (χ2v) is 6.20. The number of nitrogens with two attached hydrogens (primary N) is 1. The van der Waals surface area contributed by atoms with Crippen molar-refractivity contribution in [2.75, 3.05) is 30.3 Å². The number of anilines is 2. The van der Waals surface area contributed by atoms with Gasteiger partial charge in [-0.3, -0.25) is 0 Å². The lowest BCUT2D eigenvalue weighted by molar-refractivity contribution is 0.320. The maximum atomic E-state index is 6.06. The Balaban J connectivity index is 1.65. The number of ether oxygens (including phenoxy) is 1. The first-order valence-corrected chi connectivity index (χ1v) is 7.88. The predicted octanol–water partition coefficient (Wildman–Crippen LogP) is 3.64. The summed E-state index contributed by atoms with van der Waals surface area (Å²) in [5, 5.41) is 0. The van der Waals surface area contributed by atoms with Crippen LogP contribution < -0.4 is 15.4 Å². The Kier molecular flexibility index (Phi) is 3.97. The number of hydrogen-bond donors (Lipinski definition) is 1. The Morgan fingerprint density at radius 3 is 2.55 bits per heavy atom. The van der Waals surface area contributed by atoms with E-state index in [1.807, 2.05) is 6.07 Å². The normalized spacial score (nSPS) is 13.3. The average molecular weight is 296 g/mol.